The summed E-state index contributed by atoms with van der Waals surface area (Å²) in [5.41, 5.74) is 3.78. The van der Waals surface area contributed by atoms with E-state index in [1.165, 1.54) is 17.3 Å². The van der Waals surface area contributed by atoms with Crippen molar-refractivity contribution in [1.82, 2.24) is 20.2 Å². The molecule has 0 aliphatic carbocycles. The highest BCUT2D eigenvalue weighted by Gasteiger charge is 2.20. The fourth-order valence-electron chi connectivity index (χ4n) is 2.47. The Bertz CT molecular complexity index is 943. The molecule has 2 aromatic carbocycles. The predicted molar refractivity (Wildman–Crippen MR) is 104 cm³/mol. The number of thioether (sulfide) groups is 1. The summed E-state index contributed by atoms with van der Waals surface area (Å²) in [6.45, 7) is 5.85. The summed E-state index contributed by atoms with van der Waals surface area (Å²) in [6, 6.07) is 13.1. The Hall–Kier alpha value is -2.38. The van der Waals surface area contributed by atoms with Crippen molar-refractivity contribution in [3.63, 3.8) is 0 Å². The zero-order chi connectivity index (χ0) is 18.7. The van der Waals surface area contributed by atoms with Crippen LogP contribution in [0.2, 0.25) is 5.02 Å². The van der Waals surface area contributed by atoms with E-state index in [2.05, 4.69) is 26.9 Å². The van der Waals surface area contributed by atoms with E-state index < -0.39 is 0 Å². The molecule has 0 saturated heterocycles. The van der Waals surface area contributed by atoms with Crippen molar-refractivity contribution in [3.05, 3.63) is 58.6 Å². The number of hydrogen-bond acceptors (Lipinski definition) is 5. The summed E-state index contributed by atoms with van der Waals surface area (Å²) in [4.78, 5) is 12.5. The van der Waals surface area contributed by atoms with Crippen LogP contribution in [-0.4, -0.2) is 31.4 Å². The van der Waals surface area contributed by atoms with Crippen molar-refractivity contribution in [2.45, 2.75) is 31.2 Å². The Morgan fingerprint density at radius 1 is 1.23 bits per heavy atom. The first-order chi connectivity index (χ1) is 12.4. The minimum absolute atomic E-state index is 0.146. The number of amides is 1. The monoisotopic (exact) mass is 387 g/mol. The summed E-state index contributed by atoms with van der Waals surface area (Å²) in [7, 11) is 0. The van der Waals surface area contributed by atoms with Gasteiger partial charge < -0.3 is 5.32 Å². The van der Waals surface area contributed by atoms with E-state index in [0.717, 1.165) is 11.3 Å². The number of halogens is 1. The summed E-state index contributed by atoms with van der Waals surface area (Å²) < 4.78 is 1.66. The van der Waals surface area contributed by atoms with Crippen molar-refractivity contribution in [2.24, 2.45) is 0 Å². The smallest absolute Gasteiger partial charge is 0.237 e. The molecule has 1 N–H and O–H groups in total. The van der Waals surface area contributed by atoms with Gasteiger partial charge in [-0.15, -0.1) is 5.10 Å². The molecule has 26 heavy (non-hydrogen) atoms. The van der Waals surface area contributed by atoms with Crippen LogP contribution in [0, 0.1) is 13.8 Å². The van der Waals surface area contributed by atoms with E-state index in [4.69, 9.17) is 11.6 Å². The SMILES string of the molecule is Cc1ccc(-n2nnnc2S[C@@H](C)C(=O)Nc2cccc(Cl)c2)c(C)c1. The number of carbonyl (C=O) groups excluding carboxylic acids is 1. The predicted octanol–water partition coefficient (Wildman–Crippen LogP) is 4.05. The fraction of sp³-hybridized carbons (Fsp3) is 0.222. The van der Waals surface area contributed by atoms with Gasteiger partial charge in [-0.25, -0.2) is 0 Å². The number of hydrogen-bond donors (Lipinski definition) is 1. The molecule has 0 saturated carbocycles. The number of nitrogens with one attached hydrogen (secondary N) is 1. The molecular formula is C18H18ClN5OS. The molecule has 1 amide bonds. The van der Waals surface area contributed by atoms with Crippen LogP contribution in [-0.2, 0) is 4.79 Å². The molecule has 0 spiro atoms. The van der Waals surface area contributed by atoms with E-state index in [0.29, 0.717) is 15.9 Å². The highest BCUT2D eigenvalue weighted by Crippen LogP contribution is 2.26. The molecule has 0 aliphatic heterocycles. The van der Waals surface area contributed by atoms with Crippen LogP contribution in [0.4, 0.5) is 5.69 Å². The van der Waals surface area contributed by atoms with Crippen molar-refractivity contribution in [1.29, 1.82) is 0 Å². The summed E-state index contributed by atoms with van der Waals surface area (Å²) in [5, 5.41) is 15.5. The van der Waals surface area contributed by atoms with Crippen molar-refractivity contribution in [3.8, 4) is 5.69 Å². The van der Waals surface area contributed by atoms with Gasteiger partial charge in [0, 0.05) is 10.7 Å². The van der Waals surface area contributed by atoms with E-state index in [-0.39, 0.29) is 11.2 Å². The van der Waals surface area contributed by atoms with Gasteiger partial charge in [-0.2, -0.15) is 4.68 Å². The number of carbonyl (C=O) groups is 1. The summed E-state index contributed by atoms with van der Waals surface area (Å²) in [5.74, 6) is -0.146. The quantitative estimate of drug-likeness (QED) is 0.668. The van der Waals surface area contributed by atoms with Gasteiger partial charge in [0.05, 0.1) is 10.9 Å². The Balaban J connectivity index is 1.75. The highest BCUT2D eigenvalue weighted by atomic mass is 35.5. The average Bonchev–Trinajstić information content (AvgIpc) is 3.02. The standard InChI is InChI=1S/C18H18ClN5OS/c1-11-7-8-16(12(2)9-11)24-18(21-22-23-24)26-13(3)17(25)20-15-6-4-5-14(19)10-15/h4-10,13H,1-3H3,(H,20,25)/t13-/m0/s1. The van der Waals surface area contributed by atoms with Crippen LogP contribution in [0.15, 0.2) is 47.6 Å². The number of tetrazole rings is 1. The second kappa shape index (κ2) is 7.88. The normalized spacial score (nSPS) is 12.0. The van der Waals surface area contributed by atoms with Gasteiger partial charge in [0.1, 0.15) is 0 Å². The maximum Gasteiger partial charge on any atom is 0.237 e. The molecule has 1 atom stereocenters. The van der Waals surface area contributed by atoms with Crippen LogP contribution in [0.25, 0.3) is 5.69 Å². The summed E-state index contributed by atoms with van der Waals surface area (Å²) in [6.07, 6.45) is 0. The van der Waals surface area contributed by atoms with Crippen LogP contribution >= 0.6 is 23.4 Å². The lowest BCUT2D eigenvalue weighted by atomic mass is 10.1. The van der Waals surface area contributed by atoms with Gasteiger partial charge in [0.25, 0.3) is 0 Å². The van der Waals surface area contributed by atoms with E-state index >= 15 is 0 Å². The third-order valence-corrected chi connectivity index (χ3v) is 5.03. The molecule has 1 aromatic heterocycles. The molecule has 3 aromatic rings. The molecule has 0 unspecified atom stereocenters. The van der Waals surface area contributed by atoms with Gasteiger partial charge in [0.15, 0.2) is 0 Å². The molecule has 134 valence electrons. The number of rotatable bonds is 5. The fourth-order valence-corrected chi connectivity index (χ4v) is 3.46. The minimum Gasteiger partial charge on any atom is -0.325 e. The molecule has 0 radical (unpaired) electrons. The second-order valence-electron chi connectivity index (χ2n) is 5.92. The van der Waals surface area contributed by atoms with Gasteiger partial charge in [-0.05, 0) is 61.0 Å². The topological polar surface area (TPSA) is 72.7 Å². The van der Waals surface area contributed by atoms with Crippen LogP contribution in [0.3, 0.4) is 0 Å². The molecule has 8 heteroatoms. The zero-order valence-electron chi connectivity index (χ0n) is 14.6. The van der Waals surface area contributed by atoms with Gasteiger partial charge in [-0.3, -0.25) is 4.79 Å². The number of aryl methyl sites for hydroxylation is 2. The third-order valence-electron chi connectivity index (χ3n) is 3.76. The van der Waals surface area contributed by atoms with Crippen molar-refractivity contribution >= 4 is 35.0 Å². The molecule has 0 aliphatic rings. The van der Waals surface area contributed by atoms with Crippen LogP contribution < -0.4 is 5.32 Å². The molecule has 0 bridgehead atoms. The largest absolute Gasteiger partial charge is 0.325 e. The maximum absolute atomic E-state index is 12.5. The van der Waals surface area contributed by atoms with Crippen molar-refractivity contribution < 1.29 is 4.79 Å². The molecular weight excluding hydrogens is 370 g/mol. The summed E-state index contributed by atoms with van der Waals surface area (Å²) >= 11 is 7.25. The highest BCUT2D eigenvalue weighted by molar-refractivity contribution is 8.00. The number of benzene rings is 2. The lowest BCUT2D eigenvalue weighted by Gasteiger charge is -2.13. The van der Waals surface area contributed by atoms with Gasteiger partial charge >= 0.3 is 0 Å². The Morgan fingerprint density at radius 2 is 2.04 bits per heavy atom. The van der Waals surface area contributed by atoms with Gasteiger partial charge in [-0.1, -0.05) is 47.1 Å². The molecule has 0 fully saturated rings. The van der Waals surface area contributed by atoms with Crippen LogP contribution in [0.1, 0.15) is 18.1 Å². The second-order valence-corrected chi connectivity index (χ2v) is 7.67. The number of nitrogens with zero attached hydrogens (tertiary/aromatic N) is 4. The van der Waals surface area contributed by atoms with Crippen LogP contribution in [0.5, 0.6) is 0 Å². The first kappa shape index (κ1) is 18.4. The van der Waals surface area contributed by atoms with Crippen molar-refractivity contribution in [2.75, 3.05) is 5.32 Å². The Labute approximate surface area is 160 Å². The Morgan fingerprint density at radius 3 is 2.77 bits per heavy atom. The maximum atomic E-state index is 12.5. The Kier molecular flexibility index (Phi) is 5.58. The average molecular weight is 388 g/mol. The molecule has 3 rings (SSSR count). The lowest BCUT2D eigenvalue weighted by molar-refractivity contribution is -0.115. The minimum atomic E-state index is -0.385. The van der Waals surface area contributed by atoms with E-state index in [1.807, 2.05) is 32.9 Å². The van der Waals surface area contributed by atoms with Gasteiger partial charge in [0.2, 0.25) is 11.1 Å². The number of anilines is 1. The lowest BCUT2D eigenvalue weighted by Crippen LogP contribution is -2.23. The first-order valence-electron chi connectivity index (χ1n) is 8.03. The zero-order valence-corrected chi connectivity index (χ0v) is 16.2. The molecule has 6 nitrogen and oxygen atoms in total. The first-order valence-corrected chi connectivity index (χ1v) is 9.29. The molecule has 1 heterocycles. The van der Waals surface area contributed by atoms with E-state index in [1.54, 1.807) is 28.9 Å². The van der Waals surface area contributed by atoms with E-state index in [9.17, 15) is 4.79 Å². The third kappa shape index (κ3) is 4.23. The number of aromatic nitrogens is 4.